The SMILES string of the molecule is CCS(=O)(=O)CC(C)Nc1cccc(CN(C)C(C)=O)c1. The van der Waals surface area contributed by atoms with E-state index in [-0.39, 0.29) is 23.5 Å². The molecule has 1 N–H and O–H groups in total. The lowest BCUT2D eigenvalue weighted by molar-refractivity contribution is -0.128. The van der Waals surface area contributed by atoms with Gasteiger partial charge in [0, 0.05) is 38.0 Å². The second kappa shape index (κ2) is 7.45. The van der Waals surface area contributed by atoms with E-state index in [1.165, 1.54) is 6.92 Å². The lowest BCUT2D eigenvalue weighted by atomic mass is 10.2. The van der Waals surface area contributed by atoms with Crippen LogP contribution in [-0.4, -0.2) is 43.8 Å². The molecule has 0 bridgehead atoms. The van der Waals surface area contributed by atoms with Crippen molar-refractivity contribution in [3.63, 3.8) is 0 Å². The molecule has 0 fully saturated rings. The van der Waals surface area contributed by atoms with E-state index in [4.69, 9.17) is 0 Å². The smallest absolute Gasteiger partial charge is 0.219 e. The normalized spacial score (nSPS) is 12.8. The predicted molar refractivity (Wildman–Crippen MR) is 86.0 cm³/mol. The van der Waals surface area contributed by atoms with Crippen LogP contribution in [0.2, 0.25) is 0 Å². The Morgan fingerprint density at radius 1 is 1.38 bits per heavy atom. The topological polar surface area (TPSA) is 66.5 Å². The van der Waals surface area contributed by atoms with Crippen LogP contribution in [0.5, 0.6) is 0 Å². The molecular weight excluding hydrogens is 288 g/mol. The zero-order valence-corrected chi connectivity index (χ0v) is 13.9. The summed E-state index contributed by atoms with van der Waals surface area (Å²) in [6.07, 6.45) is 0. The van der Waals surface area contributed by atoms with Crippen molar-refractivity contribution in [2.75, 3.05) is 23.9 Å². The molecule has 0 heterocycles. The molecule has 0 saturated carbocycles. The summed E-state index contributed by atoms with van der Waals surface area (Å²) in [5.74, 6) is 0.277. The van der Waals surface area contributed by atoms with Gasteiger partial charge in [-0.3, -0.25) is 4.79 Å². The largest absolute Gasteiger partial charge is 0.382 e. The zero-order valence-electron chi connectivity index (χ0n) is 13.1. The number of nitrogens with one attached hydrogen (secondary N) is 1. The average Bonchev–Trinajstić information content (AvgIpc) is 2.38. The van der Waals surface area contributed by atoms with Gasteiger partial charge in [-0.25, -0.2) is 8.42 Å². The number of nitrogens with zero attached hydrogens (tertiary/aromatic N) is 1. The second-order valence-electron chi connectivity index (χ2n) is 5.32. The van der Waals surface area contributed by atoms with Crippen LogP contribution in [0.15, 0.2) is 24.3 Å². The molecule has 1 rings (SSSR count). The number of sulfone groups is 1. The highest BCUT2D eigenvalue weighted by atomic mass is 32.2. The van der Waals surface area contributed by atoms with Crippen molar-refractivity contribution in [1.82, 2.24) is 4.90 Å². The molecule has 5 nitrogen and oxygen atoms in total. The van der Waals surface area contributed by atoms with Crippen molar-refractivity contribution in [2.24, 2.45) is 0 Å². The molecule has 6 heteroatoms. The van der Waals surface area contributed by atoms with Crippen LogP contribution in [0.1, 0.15) is 26.3 Å². The summed E-state index contributed by atoms with van der Waals surface area (Å²) in [5.41, 5.74) is 1.87. The van der Waals surface area contributed by atoms with Crippen molar-refractivity contribution in [2.45, 2.75) is 33.4 Å². The minimum Gasteiger partial charge on any atom is -0.382 e. The summed E-state index contributed by atoms with van der Waals surface area (Å²) < 4.78 is 23.2. The molecular formula is C15H24N2O3S. The molecule has 1 aromatic rings. The van der Waals surface area contributed by atoms with E-state index in [0.717, 1.165) is 11.3 Å². The number of anilines is 1. The van der Waals surface area contributed by atoms with Gasteiger partial charge in [0.25, 0.3) is 0 Å². The molecule has 21 heavy (non-hydrogen) atoms. The number of hydrogen-bond acceptors (Lipinski definition) is 4. The molecule has 0 aliphatic heterocycles. The van der Waals surface area contributed by atoms with E-state index >= 15 is 0 Å². The first-order valence-electron chi connectivity index (χ1n) is 7.01. The Morgan fingerprint density at radius 2 is 2.05 bits per heavy atom. The summed E-state index contributed by atoms with van der Waals surface area (Å²) in [6, 6.07) is 7.52. The standard InChI is InChI=1S/C15H24N2O3S/c1-5-21(19,20)11-12(2)16-15-8-6-7-14(9-15)10-17(4)13(3)18/h6-9,12,16H,5,10-11H2,1-4H3. The molecule has 0 radical (unpaired) electrons. The van der Waals surface area contributed by atoms with Crippen LogP contribution in [0, 0.1) is 0 Å². The Balaban J connectivity index is 2.70. The Morgan fingerprint density at radius 3 is 2.62 bits per heavy atom. The van der Waals surface area contributed by atoms with Gasteiger partial charge in [-0.2, -0.15) is 0 Å². The first-order chi connectivity index (χ1) is 9.73. The molecule has 1 amide bonds. The van der Waals surface area contributed by atoms with Crippen LogP contribution < -0.4 is 5.32 Å². The third kappa shape index (κ3) is 6.16. The maximum atomic E-state index is 11.6. The number of carbonyl (C=O) groups excluding carboxylic acids is 1. The van der Waals surface area contributed by atoms with Crippen molar-refractivity contribution < 1.29 is 13.2 Å². The lowest BCUT2D eigenvalue weighted by Gasteiger charge is -2.18. The highest BCUT2D eigenvalue weighted by molar-refractivity contribution is 7.91. The molecule has 0 aromatic heterocycles. The molecule has 1 unspecified atom stereocenters. The summed E-state index contributed by atoms with van der Waals surface area (Å²) in [6.45, 7) is 5.56. The third-order valence-electron chi connectivity index (χ3n) is 3.24. The molecule has 118 valence electrons. The van der Waals surface area contributed by atoms with Crippen LogP contribution >= 0.6 is 0 Å². The Labute approximate surface area is 127 Å². The number of benzene rings is 1. The van der Waals surface area contributed by atoms with Crippen molar-refractivity contribution >= 4 is 21.4 Å². The van der Waals surface area contributed by atoms with Gasteiger partial charge in [0.2, 0.25) is 5.91 Å². The quantitative estimate of drug-likeness (QED) is 0.835. The summed E-state index contributed by atoms with van der Waals surface area (Å²) in [7, 11) is -1.25. The van der Waals surface area contributed by atoms with Gasteiger partial charge < -0.3 is 10.2 Å². The van der Waals surface area contributed by atoms with Gasteiger partial charge in [0.1, 0.15) is 0 Å². The minimum absolute atomic E-state index is 0.00997. The molecule has 0 aliphatic rings. The number of rotatable bonds is 7. The fourth-order valence-corrected chi connectivity index (χ4v) is 3.05. The van der Waals surface area contributed by atoms with E-state index in [0.29, 0.717) is 6.54 Å². The summed E-state index contributed by atoms with van der Waals surface area (Å²) >= 11 is 0. The summed E-state index contributed by atoms with van der Waals surface area (Å²) in [4.78, 5) is 12.9. The highest BCUT2D eigenvalue weighted by Crippen LogP contribution is 2.14. The van der Waals surface area contributed by atoms with E-state index < -0.39 is 9.84 Å². The van der Waals surface area contributed by atoms with Gasteiger partial charge >= 0.3 is 0 Å². The van der Waals surface area contributed by atoms with Crippen molar-refractivity contribution in [1.29, 1.82) is 0 Å². The monoisotopic (exact) mass is 312 g/mol. The number of carbonyl (C=O) groups is 1. The molecule has 1 atom stereocenters. The first kappa shape index (κ1) is 17.5. The van der Waals surface area contributed by atoms with E-state index in [1.54, 1.807) is 18.9 Å². The van der Waals surface area contributed by atoms with E-state index in [2.05, 4.69) is 5.32 Å². The predicted octanol–water partition coefficient (Wildman–Crippen LogP) is 1.90. The highest BCUT2D eigenvalue weighted by Gasteiger charge is 2.13. The molecule has 0 aliphatic carbocycles. The average molecular weight is 312 g/mol. The maximum Gasteiger partial charge on any atom is 0.219 e. The zero-order chi connectivity index (χ0) is 16.0. The fourth-order valence-electron chi connectivity index (χ4n) is 1.97. The molecule has 1 aromatic carbocycles. The lowest BCUT2D eigenvalue weighted by Crippen LogP contribution is -2.27. The van der Waals surface area contributed by atoms with Crippen LogP contribution in [0.4, 0.5) is 5.69 Å². The van der Waals surface area contributed by atoms with Crippen molar-refractivity contribution in [3.05, 3.63) is 29.8 Å². The van der Waals surface area contributed by atoms with E-state index in [1.807, 2.05) is 31.2 Å². The van der Waals surface area contributed by atoms with Crippen LogP contribution in [0.3, 0.4) is 0 Å². The number of amides is 1. The van der Waals surface area contributed by atoms with Gasteiger partial charge in [0.05, 0.1) is 5.75 Å². The van der Waals surface area contributed by atoms with Gasteiger partial charge in [-0.1, -0.05) is 19.1 Å². The van der Waals surface area contributed by atoms with Gasteiger partial charge in [0.15, 0.2) is 9.84 Å². The van der Waals surface area contributed by atoms with Crippen molar-refractivity contribution in [3.8, 4) is 0 Å². The van der Waals surface area contributed by atoms with Crippen LogP contribution in [-0.2, 0) is 21.2 Å². The summed E-state index contributed by atoms with van der Waals surface area (Å²) in [5, 5.41) is 3.19. The molecule has 0 spiro atoms. The Bertz CT molecular complexity index is 584. The van der Waals surface area contributed by atoms with E-state index in [9.17, 15) is 13.2 Å². The van der Waals surface area contributed by atoms with Gasteiger partial charge in [-0.05, 0) is 24.6 Å². The minimum atomic E-state index is -2.99. The third-order valence-corrected chi connectivity index (χ3v) is 5.13. The Hall–Kier alpha value is -1.56. The number of hydrogen-bond donors (Lipinski definition) is 1. The maximum absolute atomic E-state index is 11.6. The van der Waals surface area contributed by atoms with Crippen LogP contribution in [0.25, 0.3) is 0 Å². The molecule has 0 saturated heterocycles. The Kier molecular flexibility index (Phi) is 6.20. The first-order valence-corrected chi connectivity index (χ1v) is 8.83. The van der Waals surface area contributed by atoms with Gasteiger partial charge in [-0.15, -0.1) is 0 Å². The second-order valence-corrected chi connectivity index (χ2v) is 7.72. The fraction of sp³-hybridized carbons (Fsp3) is 0.533.